The molecule has 2 rings (SSSR count). The van der Waals surface area contributed by atoms with E-state index < -0.39 is 0 Å². The van der Waals surface area contributed by atoms with E-state index >= 15 is 0 Å². The summed E-state index contributed by atoms with van der Waals surface area (Å²) in [5, 5.41) is 3.80. The summed E-state index contributed by atoms with van der Waals surface area (Å²) in [6.45, 7) is 5.32. The molecule has 0 saturated heterocycles. The first kappa shape index (κ1) is 14.0. The first-order chi connectivity index (χ1) is 8.69. The zero-order valence-corrected chi connectivity index (χ0v) is 12.4. The van der Waals surface area contributed by atoms with Crippen LogP contribution in [0.4, 0.5) is 0 Å². The Labute approximate surface area is 115 Å². The SMILES string of the molecule is Cc1ccc(CC(C)NC2CCCCC2CN)s1. The Morgan fingerprint density at radius 1 is 1.39 bits per heavy atom. The molecule has 1 aromatic rings. The van der Waals surface area contributed by atoms with Gasteiger partial charge in [0.2, 0.25) is 0 Å². The van der Waals surface area contributed by atoms with Crippen LogP contribution in [0, 0.1) is 12.8 Å². The van der Waals surface area contributed by atoms with Gasteiger partial charge < -0.3 is 11.1 Å². The zero-order valence-electron chi connectivity index (χ0n) is 11.6. The van der Waals surface area contributed by atoms with Gasteiger partial charge in [-0.2, -0.15) is 0 Å². The average Bonchev–Trinajstić information content (AvgIpc) is 2.75. The van der Waals surface area contributed by atoms with Gasteiger partial charge in [0.1, 0.15) is 0 Å². The minimum absolute atomic E-state index is 0.556. The van der Waals surface area contributed by atoms with Crippen molar-refractivity contribution in [3.63, 3.8) is 0 Å². The quantitative estimate of drug-likeness (QED) is 0.859. The third-order valence-corrected chi connectivity index (χ3v) is 5.04. The molecule has 0 bridgehead atoms. The van der Waals surface area contributed by atoms with Gasteiger partial charge in [0.05, 0.1) is 0 Å². The van der Waals surface area contributed by atoms with E-state index in [1.54, 1.807) is 0 Å². The summed E-state index contributed by atoms with van der Waals surface area (Å²) in [4.78, 5) is 2.90. The molecule has 0 spiro atoms. The fraction of sp³-hybridized carbons (Fsp3) is 0.733. The maximum Gasteiger partial charge on any atom is 0.0110 e. The monoisotopic (exact) mass is 266 g/mol. The summed E-state index contributed by atoms with van der Waals surface area (Å²) in [5.41, 5.74) is 5.89. The van der Waals surface area contributed by atoms with Gasteiger partial charge in [-0.15, -0.1) is 11.3 Å². The van der Waals surface area contributed by atoms with Crippen LogP contribution in [0.2, 0.25) is 0 Å². The van der Waals surface area contributed by atoms with E-state index in [9.17, 15) is 0 Å². The van der Waals surface area contributed by atoms with Crippen molar-refractivity contribution in [3.8, 4) is 0 Å². The molecular formula is C15H26N2S. The smallest absolute Gasteiger partial charge is 0.0110 e. The van der Waals surface area contributed by atoms with Crippen molar-refractivity contribution >= 4 is 11.3 Å². The molecule has 1 aliphatic carbocycles. The molecular weight excluding hydrogens is 240 g/mol. The van der Waals surface area contributed by atoms with E-state index in [1.807, 2.05) is 11.3 Å². The third kappa shape index (κ3) is 3.81. The minimum atomic E-state index is 0.556. The summed E-state index contributed by atoms with van der Waals surface area (Å²) < 4.78 is 0. The van der Waals surface area contributed by atoms with E-state index in [1.165, 1.54) is 35.4 Å². The second kappa shape index (κ2) is 6.69. The summed E-state index contributed by atoms with van der Waals surface area (Å²) in [6, 6.07) is 5.68. The van der Waals surface area contributed by atoms with Crippen molar-refractivity contribution in [2.45, 2.75) is 58.0 Å². The molecule has 2 nitrogen and oxygen atoms in total. The molecule has 3 atom stereocenters. The standard InChI is InChI=1S/C15H26N2S/c1-11(9-14-8-7-12(2)18-14)17-15-6-4-3-5-13(15)10-16/h7-8,11,13,15,17H,3-6,9-10,16H2,1-2H3. The molecule has 0 radical (unpaired) electrons. The molecule has 1 fully saturated rings. The lowest BCUT2D eigenvalue weighted by atomic mass is 9.84. The molecule has 0 amide bonds. The van der Waals surface area contributed by atoms with Gasteiger partial charge in [0, 0.05) is 21.8 Å². The van der Waals surface area contributed by atoms with Crippen molar-refractivity contribution in [3.05, 3.63) is 21.9 Å². The van der Waals surface area contributed by atoms with Crippen molar-refractivity contribution in [2.24, 2.45) is 11.7 Å². The van der Waals surface area contributed by atoms with E-state index in [-0.39, 0.29) is 0 Å². The van der Waals surface area contributed by atoms with Crippen LogP contribution in [-0.2, 0) is 6.42 Å². The van der Waals surface area contributed by atoms with Crippen molar-refractivity contribution in [2.75, 3.05) is 6.54 Å². The highest BCUT2D eigenvalue weighted by Gasteiger charge is 2.24. The molecule has 3 unspecified atom stereocenters. The largest absolute Gasteiger partial charge is 0.330 e. The molecule has 1 aliphatic rings. The highest BCUT2D eigenvalue weighted by Crippen LogP contribution is 2.24. The van der Waals surface area contributed by atoms with Crippen LogP contribution in [0.1, 0.15) is 42.4 Å². The Morgan fingerprint density at radius 3 is 2.83 bits per heavy atom. The summed E-state index contributed by atoms with van der Waals surface area (Å²) in [6.07, 6.45) is 6.47. The minimum Gasteiger partial charge on any atom is -0.330 e. The summed E-state index contributed by atoms with van der Waals surface area (Å²) >= 11 is 1.92. The van der Waals surface area contributed by atoms with Crippen LogP contribution < -0.4 is 11.1 Å². The van der Waals surface area contributed by atoms with Gasteiger partial charge in [0.15, 0.2) is 0 Å². The van der Waals surface area contributed by atoms with Crippen LogP contribution in [-0.4, -0.2) is 18.6 Å². The Hall–Kier alpha value is -0.380. The molecule has 1 heterocycles. The molecule has 0 aromatic carbocycles. The molecule has 102 valence electrons. The van der Waals surface area contributed by atoms with Crippen molar-refractivity contribution in [1.82, 2.24) is 5.32 Å². The fourth-order valence-electron chi connectivity index (χ4n) is 3.03. The average molecular weight is 266 g/mol. The molecule has 3 N–H and O–H groups in total. The van der Waals surface area contributed by atoms with Gasteiger partial charge in [-0.3, -0.25) is 0 Å². The normalized spacial score (nSPS) is 26.2. The number of nitrogens with two attached hydrogens (primary N) is 1. The number of nitrogens with one attached hydrogen (secondary N) is 1. The van der Waals surface area contributed by atoms with Crippen molar-refractivity contribution < 1.29 is 0 Å². The van der Waals surface area contributed by atoms with E-state index in [4.69, 9.17) is 5.73 Å². The van der Waals surface area contributed by atoms with Gasteiger partial charge in [-0.05, 0) is 57.7 Å². The second-order valence-electron chi connectivity index (χ2n) is 5.67. The topological polar surface area (TPSA) is 38.0 Å². The maximum atomic E-state index is 5.89. The Bertz CT molecular complexity index is 361. The van der Waals surface area contributed by atoms with Gasteiger partial charge in [0.25, 0.3) is 0 Å². The number of rotatable bonds is 5. The number of thiophene rings is 1. The first-order valence-corrected chi connectivity index (χ1v) is 8.02. The third-order valence-electron chi connectivity index (χ3n) is 4.01. The lowest BCUT2D eigenvalue weighted by molar-refractivity contribution is 0.251. The molecule has 1 saturated carbocycles. The van der Waals surface area contributed by atoms with E-state index in [0.717, 1.165) is 13.0 Å². The zero-order chi connectivity index (χ0) is 13.0. The molecule has 1 aromatic heterocycles. The van der Waals surface area contributed by atoms with E-state index in [2.05, 4.69) is 31.3 Å². The first-order valence-electron chi connectivity index (χ1n) is 7.20. The lowest BCUT2D eigenvalue weighted by Gasteiger charge is -2.33. The fourth-order valence-corrected chi connectivity index (χ4v) is 4.05. The summed E-state index contributed by atoms with van der Waals surface area (Å²) in [7, 11) is 0. The molecule has 3 heteroatoms. The van der Waals surface area contributed by atoms with E-state index in [0.29, 0.717) is 18.0 Å². The molecule has 0 aliphatic heterocycles. The second-order valence-corrected chi connectivity index (χ2v) is 7.04. The predicted octanol–water partition coefficient (Wildman–Crippen LogP) is 3.09. The highest BCUT2D eigenvalue weighted by atomic mass is 32.1. The molecule has 18 heavy (non-hydrogen) atoms. The predicted molar refractivity (Wildman–Crippen MR) is 80.2 cm³/mol. The Kier molecular flexibility index (Phi) is 5.22. The van der Waals surface area contributed by atoms with Crippen LogP contribution in [0.25, 0.3) is 0 Å². The number of hydrogen-bond donors (Lipinski definition) is 2. The number of aryl methyl sites for hydroxylation is 1. The van der Waals surface area contributed by atoms with Gasteiger partial charge >= 0.3 is 0 Å². The van der Waals surface area contributed by atoms with Crippen LogP contribution >= 0.6 is 11.3 Å². The van der Waals surface area contributed by atoms with Crippen LogP contribution in [0.15, 0.2) is 12.1 Å². The maximum absolute atomic E-state index is 5.89. The number of hydrogen-bond acceptors (Lipinski definition) is 3. The van der Waals surface area contributed by atoms with Gasteiger partial charge in [-0.1, -0.05) is 12.8 Å². The highest BCUT2D eigenvalue weighted by molar-refractivity contribution is 7.11. The Morgan fingerprint density at radius 2 is 2.17 bits per heavy atom. The van der Waals surface area contributed by atoms with Crippen LogP contribution in [0.5, 0.6) is 0 Å². The van der Waals surface area contributed by atoms with Crippen LogP contribution in [0.3, 0.4) is 0 Å². The van der Waals surface area contributed by atoms with Gasteiger partial charge in [-0.25, -0.2) is 0 Å². The van der Waals surface area contributed by atoms with Crippen molar-refractivity contribution in [1.29, 1.82) is 0 Å². The summed E-state index contributed by atoms with van der Waals surface area (Å²) in [5.74, 6) is 0.686. The Balaban J connectivity index is 1.84. The lowest BCUT2D eigenvalue weighted by Crippen LogP contribution is -2.46.